The van der Waals surface area contributed by atoms with Crippen LogP contribution in [0, 0.1) is 0 Å². The van der Waals surface area contributed by atoms with Gasteiger partial charge in [-0.15, -0.1) is 0 Å². The first-order valence-electron chi connectivity index (χ1n) is 13.7. The largest absolute Gasteiger partial charge is 0.463 e. The first-order chi connectivity index (χ1) is 16.2. The zero-order valence-electron chi connectivity index (χ0n) is 22.1. The second-order valence-electron chi connectivity index (χ2n) is 8.82. The number of carbonyl (C=O) groups is 1. The third-order valence-corrected chi connectivity index (χ3v) is 5.47. The number of hydrogen-bond acceptors (Lipinski definition) is 6. The number of unbranched alkanes of at least 4 members (excludes halogenated alkanes) is 9. The summed E-state index contributed by atoms with van der Waals surface area (Å²) in [6.07, 6.45) is 16.0. The monoisotopic (exact) mass is 474 g/mol. The standard InChI is InChI=1S/C27H54O6/c1-4-6-8-10-11-12-14-18-29-20-22-31-24-25-32-23-21-30-19-15-17-27(28)33-26(3)16-13-9-7-5-2/h26H,4-25H2,1-3H3. The lowest BCUT2D eigenvalue weighted by Crippen LogP contribution is -2.15. The Bertz CT molecular complexity index is 391. The Kier molecular flexibility index (Phi) is 27.0. The van der Waals surface area contributed by atoms with E-state index in [0.29, 0.717) is 59.1 Å². The van der Waals surface area contributed by atoms with Crippen molar-refractivity contribution in [3.8, 4) is 0 Å². The second kappa shape index (κ2) is 27.6. The Balaban J connectivity index is 3.18. The number of esters is 1. The molecule has 6 nitrogen and oxygen atoms in total. The molecule has 0 amide bonds. The summed E-state index contributed by atoms with van der Waals surface area (Å²) >= 11 is 0. The zero-order chi connectivity index (χ0) is 24.2. The fourth-order valence-electron chi connectivity index (χ4n) is 3.44. The molecule has 0 radical (unpaired) electrons. The quantitative estimate of drug-likeness (QED) is 0.100. The van der Waals surface area contributed by atoms with Crippen molar-refractivity contribution in [2.24, 2.45) is 0 Å². The summed E-state index contributed by atoms with van der Waals surface area (Å²) in [4.78, 5) is 11.8. The van der Waals surface area contributed by atoms with Gasteiger partial charge >= 0.3 is 5.97 Å². The van der Waals surface area contributed by atoms with Gasteiger partial charge < -0.3 is 23.7 Å². The highest BCUT2D eigenvalue weighted by molar-refractivity contribution is 5.69. The van der Waals surface area contributed by atoms with Crippen molar-refractivity contribution in [2.75, 3.05) is 52.9 Å². The average molecular weight is 475 g/mol. The van der Waals surface area contributed by atoms with Crippen LogP contribution in [0.5, 0.6) is 0 Å². The van der Waals surface area contributed by atoms with Gasteiger partial charge in [0, 0.05) is 19.6 Å². The summed E-state index contributed by atoms with van der Waals surface area (Å²) in [7, 11) is 0. The molecule has 0 aliphatic carbocycles. The van der Waals surface area contributed by atoms with Crippen molar-refractivity contribution >= 4 is 5.97 Å². The van der Waals surface area contributed by atoms with E-state index < -0.39 is 0 Å². The molecule has 0 aromatic heterocycles. The first-order valence-corrected chi connectivity index (χ1v) is 13.7. The molecule has 0 saturated heterocycles. The highest BCUT2D eigenvalue weighted by Gasteiger charge is 2.09. The molecule has 0 bridgehead atoms. The maximum atomic E-state index is 11.8. The van der Waals surface area contributed by atoms with Crippen LogP contribution < -0.4 is 0 Å². The lowest BCUT2D eigenvalue weighted by atomic mass is 10.1. The van der Waals surface area contributed by atoms with E-state index >= 15 is 0 Å². The van der Waals surface area contributed by atoms with E-state index in [-0.39, 0.29) is 12.1 Å². The molecule has 0 fully saturated rings. The van der Waals surface area contributed by atoms with Crippen molar-refractivity contribution < 1.29 is 28.5 Å². The summed E-state index contributed by atoms with van der Waals surface area (Å²) in [5.41, 5.74) is 0. The molecule has 0 saturated carbocycles. The van der Waals surface area contributed by atoms with Crippen molar-refractivity contribution in [1.82, 2.24) is 0 Å². The van der Waals surface area contributed by atoms with Crippen LogP contribution in [-0.2, 0) is 28.5 Å². The molecule has 0 rings (SSSR count). The van der Waals surface area contributed by atoms with Gasteiger partial charge in [0.1, 0.15) is 0 Å². The van der Waals surface area contributed by atoms with Gasteiger partial charge in [-0.3, -0.25) is 4.79 Å². The summed E-state index contributed by atoms with van der Waals surface area (Å²) in [5.74, 6) is -0.124. The molecule has 0 aliphatic rings. The van der Waals surface area contributed by atoms with Gasteiger partial charge in [-0.25, -0.2) is 0 Å². The topological polar surface area (TPSA) is 63.2 Å². The Hall–Kier alpha value is -0.690. The van der Waals surface area contributed by atoms with E-state index in [9.17, 15) is 4.79 Å². The summed E-state index contributed by atoms with van der Waals surface area (Å²) in [6.45, 7) is 11.3. The number of ether oxygens (including phenoxy) is 5. The van der Waals surface area contributed by atoms with Crippen LogP contribution in [0.4, 0.5) is 0 Å². The van der Waals surface area contributed by atoms with Crippen LogP contribution in [-0.4, -0.2) is 64.9 Å². The van der Waals surface area contributed by atoms with Crippen molar-refractivity contribution in [3.05, 3.63) is 0 Å². The van der Waals surface area contributed by atoms with Crippen LogP contribution in [0.3, 0.4) is 0 Å². The fraction of sp³-hybridized carbons (Fsp3) is 0.963. The van der Waals surface area contributed by atoms with Crippen LogP contribution in [0.25, 0.3) is 0 Å². The number of carbonyl (C=O) groups excluding carboxylic acids is 1. The van der Waals surface area contributed by atoms with Gasteiger partial charge in [0.2, 0.25) is 0 Å². The molecule has 1 atom stereocenters. The van der Waals surface area contributed by atoms with Gasteiger partial charge in [0.05, 0.1) is 45.7 Å². The zero-order valence-corrected chi connectivity index (χ0v) is 22.1. The minimum Gasteiger partial charge on any atom is -0.463 e. The number of hydrogen-bond donors (Lipinski definition) is 0. The third-order valence-electron chi connectivity index (χ3n) is 5.47. The minimum atomic E-state index is -0.124. The van der Waals surface area contributed by atoms with E-state index in [4.69, 9.17) is 23.7 Å². The van der Waals surface area contributed by atoms with Crippen molar-refractivity contribution in [1.29, 1.82) is 0 Å². The Labute approximate surface area is 204 Å². The van der Waals surface area contributed by atoms with Crippen LogP contribution in [0.15, 0.2) is 0 Å². The van der Waals surface area contributed by atoms with E-state index in [0.717, 1.165) is 25.9 Å². The first kappa shape index (κ1) is 32.3. The highest BCUT2D eigenvalue weighted by atomic mass is 16.6. The SMILES string of the molecule is CCCCCCCCCOCCOCCOCCOCCCC(=O)OC(C)CCCCCC. The van der Waals surface area contributed by atoms with E-state index in [1.54, 1.807) is 0 Å². The van der Waals surface area contributed by atoms with Gasteiger partial charge in [-0.2, -0.15) is 0 Å². The Morgan fingerprint density at radius 1 is 0.545 bits per heavy atom. The van der Waals surface area contributed by atoms with E-state index in [1.807, 2.05) is 6.92 Å². The fourth-order valence-corrected chi connectivity index (χ4v) is 3.44. The molecule has 198 valence electrons. The van der Waals surface area contributed by atoms with Gasteiger partial charge in [0.15, 0.2) is 0 Å². The molecule has 0 heterocycles. The predicted molar refractivity (Wildman–Crippen MR) is 135 cm³/mol. The highest BCUT2D eigenvalue weighted by Crippen LogP contribution is 2.09. The molecule has 0 aromatic carbocycles. The van der Waals surface area contributed by atoms with Gasteiger partial charge in [-0.05, 0) is 32.6 Å². The predicted octanol–water partition coefficient (Wildman–Crippen LogP) is 6.49. The molecular formula is C27H54O6. The maximum absolute atomic E-state index is 11.8. The summed E-state index contributed by atoms with van der Waals surface area (Å²) < 4.78 is 27.5. The molecular weight excluding hydrogens is 420 g/mol. The van der Waals surface area contributed by atoms with E-state index in [1.165, 1.54) is 57.8 Å². The average Bonchev–Trinajstić information content (AvgIpc) is 2.80. The van der Waals surface area contributed by atoms with Gasteiger partial charge in [-0.1, -0.05) is 71.6 Å². The Morgan fingerprint density at radius 2 is 0.970 bits per heavy atom. The second-order valence-corrected chi connectivity index (χ2v) is 8.82. The molecule has 33 heavy (non-hydrogen) atoms. The van der Waals surface area contributed by atoms with Crippen LogP contribution in [0.1, 0.15) is 111 Å². The van der Waals surface area contributed by atoms with Crippen molar-refractivity contribution in [3.63, 3.8) is 0 Å². The molecule has 0 aromatic rings. The molecule has 0 aliphatic heterocycles. The lowest BCUT2D eigenvalue weighted by Gasteiger charge is -2.13. The minimum absolute atomic E-state index is 0.0163. The maximum Gasteiger partial charge on any atom is 0.306 e. The van der Waals surface area contributed by atoms with Crippen LogP contribution >= 0.6 is 0 Å². The van der Waals surface area contributed by atoms with E-state index in [2.05, 4.69) is 13.8 Å². The number of rotatable bonds is 27. The molecule has 0 spiro atoms. The van der Waals surface area contributed by atoms with Gasteiger partial charge in [0.25, 0.3) is 0 Å². The lowest BCUT2D eigenvalue weighted by molar-refractivity contribution is -0.149. The Morgan fingerprint density at radius 3 is 1.52 bits per heavy atom. The molecule has 6 heteroatoms. The van der Waals surface area contributed by atoms with Crippen LogP contribution in [0.2, 0.25) is 0 Å². The molecule has 0 N–H and O–H groups in total. The normalized spacial score (nSPS) is 12.2. The smallest absolute Gasteiger partial charge is 0.306 e. The summed E-state index contributed by atoms with van der Waals surface area (Å²) in [5, 5.41) is 0. The molecule has 1 unspecified atom stereocenters. The van der Waals surface area contributed by atoms with Crippen molar-refractivity contribution in [2.45, 2.75) is 117 Å². The third kappa shape index (κ3) is 27.4. The summed E-state index contributed by atoms with van der Waals surface area (Å²) in [6, 6.07) is 0.